The second-order valence-corrected chi connectivity index (χ2v) is 12.7. The normalized spacial score (nSPS) is 15.4. The van der Waals surface area contributed by atoms with Gasteiger partial charge in [0, 0.05) is 25.4 Å². The molecule has 1 aliphatic heterocycles. The van der Waals surface area contributed by atoms with Crippen LogP contribution in [0.4, 0.5) is 4.79 Å². The van der Waals surface area contributed by atoms with Gasteiger partial charge in [0.05, 0.1) is 0 Å². The molecule has 0 saturated carbocycles. The Hall–Kier alpha value is -3.35. The lowest BCUT2D eigenvalue weighted by Crippen LogP contribution is -2.60. The number of alkyl carbamates (subject to hydrolysis) is 1. The molecule has 44 heavy (non-hydrogen) atoms. The van der Waals surface area contributed by atoms with Crippen molar-refractivity contribution in [2.75, 3.05) is 19.7 Å². The van der Waals surface area contributed by atoms with Gasteiger partial charge in [0.15, 0.2) is 0 Å². The summed E-state index contributed by atoms with van der Waals surface area (Å²) >= 11 is 0. The maximum absolute atomic E-state index is 12.9. The minimum atomic E-state index is -1.44. The van der Waals surface area contributed by atoms with Crippen molar-refractivity contribution in [1.29, 1.82) is 0 Å². The van der Waals surface area contributed by atoms with Gasteiger partial charge < -0.3 is 20.1 Å². The highest BCUT2D eigenvalue weighted by Gasteiger charge is 2.44. The third kappa shape index (κ3) is 9.09. The molecule has 0 spiro atoms. The number of unbranched alkanes of at least 4 members (excludes halogenated alkanes) is 12. The van der Waals surface area contributed by atoms with E-state index in [0.29, 0.717) is 19.5 Å². The largest absolute Gasteiger partial charge is 0.480 e. The summed E-state index contributed by atoms with van der Waals surface area (Å²) in [5.41, 5.74) is 3.04. The number of benzene rings is 2. The number of rotatable bonds is 18. The smallest absolute Gasteiger partial charge is 0.408 e. The molecule has 2 aliphatic rings. The van der Waals surface area contributed by atoms with Crippen LogP contribution >= 0.6 is 0 Å². The number of piperidine rings is 1. The zero-order valence-corrected chi connectivity index (χ0v) is 26.7. The first-order valence-corrected chi connectivity index (χ1v) is 17.1. The first-order chi connectivity index (χ1) is 21.4. The lowest BCUT2D eigenvalue weighted by molar-refractivity contribution is -0.149. The van der Waals surface area contributed by atoms with Gasteiger partial charge in [-0.3, -0.25) is 4.79 Å². The Morgan fingerprint density at radius 2 is 1.25 bits per heavy atom. The highest BCUT2D eigenvalue weighted by atomic mass is 16.5. The molecule has 2 aromatic carbocycles. The molecule has 1 heterocycles. The van der Waals surface area contributed by atoms with Crippen molar-refractivity contribution in [3.8, 4) is 11.1 Å². The van der Waals surface area contributed by atoms with Crippen LogP contribution in [0.3, 0.4) is 0 Å². The van der Waals surface area contributed by atoms with Gasteiger partial charge in [0.25, 0.3) is 0 Å². The highest BCUT2D eigenvalue weighted by Crippen LogP contribution is 2.44. The number of ether oxygens (including phenoxy) is 1. The van der Waals surface area contributed by atoms with Gasteiger partial charge in [0.1, 0.15) is 12.1 Å². The molecule has 0 radical (unpaired) electrons. The summed E-state index contributed by atoms with van der Waals surface area (Å²) in [6.07, 6.45) is 16.5. The van der Waals surface area contributed by atoms with Gasteiger partial charge in [-0.1, -0.05) is 133 Å². The van der Waals surface area contributed by atoms with E-state index in [2.05, 4.69) is 24.4 Å². The zero-order valence-electron chi connectivity index (χ0n) is 26.7. The van der Waals surface area contributed by atoms with Crippen molar-refractivity contribution in [3.05, 3.63) is 59.7 Å². The number of aliphatic carboxylic acids is 1. The van der Waals surface area contributed by atoms with Crippen LogP contribution in [0.1, 0.15) is 127 Å². The molecule has 1 saturated heterocycles. The number of hydrogen-bond donors (Lipinski definition) is 2. The van der Waals surface area contributed by atoms with Crippen molar-refractivity contribution in [1.82, 2.24) is 10.2 Å². The van der Waals surface area contributed by atoms with E-state index in [4.69, 9.17) is 4.74 Å². The zero-order chi connectivity index (χ0) is 31.2. The number of carboxylic acid groups (broad SMARTS) is 1. The molecule has 7 heteroatoms. The van der Waals surface area contributed by atoms with Crippen LogP contribution in [0.5, 0.6) is 0 Å². The molecular formula is C37H52N2O5. The molecular weight excluding hydrogens is 552 g/mol. The molecule has 7 nitrogen and oxygen atoms in total. The quantitative estimate of drug-likeness (QED) is 0.166. The number of nitrogens with one attached hydrogen (secondary N) is 1. The number of nitrogens with zero attached hydrogens (tertiary/aromatic N) is 1. The Balaban J connectivity index is 1.13. The molecule has 2 amide bonds. The van der Waals surface area contributed by atoms with E-state index in [-0.39, 0.29) is 31.3 Å². The molecule has 1 fully saturated rings. The minimum Gasteiger partial charge on any atom is -0.480 e. The standard InChI is InChI=1S/C37H52N2O5/c1-2-3-4-5-6-7-8-9-10-11-12-13-14-23-34(40)39-26-24-37(25-27-39,35(41)42)38-36(43)44-28-33-31-21-17-15-19-29(31)30-20-16-18-22-32(30)33/h15-22,33H,2-14,23-28H2,1H3,(H,38,43)(H,41,42). The van der Waals surface area contributed by atoms with E-state index >= 15 is 0 Å². The molecule has 240 valence electrons. The summed E-state index contributed by atoms with van der Waals surface area (Å²) in [6.45, 7) is 3.00. The number of amides is 2. The maximum atomic E-state index is 12.9. The second-order valence-electron chi connectivity index (χ2n) is 12.7. The highest BCUT2D eigenvalue weighted by molar-refractivity contribution is 5.85. The van der Waals surface area contributed by atoms with Crippen LogP contribution in [0.15, 0.2) is 48.5 Å². The topological polar surface area (TPSA) is 95.9 Å². The number of carbonyl (C=O) groups is 3. The summed E-state index contributed by atoms with van der Waals surface area (Å²) in [7, 11) is 0. The van der Waals surface area contributed by atoms with Gasteiger partial charge in [-0.25, -0.2) is 9.59 Å². The van der Waals surface area contributed by atoms with Gasteiger partial charge in [-0.15, -0.1) is 0 Å². The average molecular weight is 605 g/mol. The lowest BCUT2D eigenvalue weighted by Gasteiger charge is -2.39. The number of likely N-dealkylation sites (tertiary alicyclic amines) is 1. The third-order valence-electron chi connectivity index (χ3n) is 9.56. The SMILES string of the molecule is CCCCCCCCCCCCCCCC(=O)N1CCC(NC(=O)OCC2c3ccccc3-c3ccccc32)(C(=O)O)CC1. The molecule has 0 aromatic heterocycles. The molecule has 0 bridgehead atoms. The van der Waals surface area contributed by atoms with Crippen LogP contribution in [0.25, 0.3) is 11.1 Å². The summed E-state index contributed by atoms with van der Waals surface area (Å²) in [5.74, 6) is -1.11. The van der Waals surface area contributed by atoms with Crippen LogP contribution in [0.2, 0.25) is 0 Å². The van der Waals surface area contributed by atoms with E-state index in [1.165, 1.54) is 64.2 Å². The summed E-state index contributed by atoms with van der Waals surface area (Å²) in [4.78, 5) is 39.8. The van der Waals surface area contributed by atoms with Crippen molar-refractivity contribution in [2.24, 2.45) is 0 Å². The predicted molar refractivity (Wildman–Crippen MR) is 175 cm³/mol. The molecule has 0 atom stereocenters. The number of carbonyl (C=O) groups excluding carboxylic acids is 2. The van der Waals surface area contributed by atoms with E-state index in [0.717, 1.165) is 41.5 Å². The van der Waals surface area contributed by atoms with E-state index in [1.807, 2.05) is 36.4 Å². The van der Waals surface area contributed by atoms with Gasteiger partial charge in [0.2, 0.25) is 5.91 Å². The van der Waals surface area contributed by atoms with Gasteiger partial charge in [-0.05, 0) is 41.5 Å². The predicted octanol–water partition coefficient (Wildman–Crippen LogP) is 8.45. The number of hydrogen-bond acceptors (Lipinski definition) is 4. The van der Waals surface area contributed by atoms with Crippen LogP contribution < -0.4 is 5.32 Å². The van der Waals surface area contributed by atoms with Crippen molar-refractivity contribution in [3.63, 3.8) is 0 Å². The van der Waals surface area contributed by atoms with Crippen LogP contribution in [-0.4, -0.2) is 53.2 Å². The summed E-state index contributed by atoms with van der Waals surface area (Å²) in [5, 5.41) is 12.7. The minimum absolute atomic E-state index is 0.0770. The van der Waals surface area contributed by atoms with Crippen molar-refractivity contribution < 1.29 is 24.2 Å². The van der Waals surface area contributed by atoms with Crippen molar-refractivity contribution in [2.45, 2.75) is 121 Å². The Morgan fingerprint density at radius 3 is 1.75 bits per heavy atom. The molecule has 2 N–H and O–H groups in total. The summed E-state index contributed by atoms with van der Waals surface area (Å²) < 4.78 is 5.63. The van der Waals surface area contributed by atoms with E-state index in [1.54, 1.807) is 4.90 Å². The average Bonchev–Trinajstić information content (AvgIpc) is 3.36. The maximum Gasteiger partial charge on any atom is 0.408 e. The van der Waals surface area contributed by atoms with Crippen LogP contribution in [0, 0.1) is 0 Å². The second kappa shape index (κ2) is 17.2. The third-order valence-corrected chi connectivity index (χ3v) is 9.56. The first kappa shape index (κ1) is 33.5. The van der Waals surface area contributed by atoms with Crippen LogP contribution in [-0.2, 0) is 14.3 Å². The van der Waals surface area contributed by atoms with E-state index < -0.39 is 17.6 Å². The van der Waals surface area contributed by atoms with Gasteiger partial charge >= 0.3 is 12.1 Å². The Morgan fingerprint density at radius 1 is 0.773 bits per heavy atom. The fourth-order valence-corrected chi connectivity index (χ4v) is 6.81. The Kier molecular flexibility index (Phi) is 13.1. The summed E-state index contributed by atoms with van der Waals surface area (Å²) in [6, 6.07) is 16.2. The van der Waals surface area contributed by atoms with E-state index in [9.17, 15) is 19.5 Å². The Bertz CT molecular complexity index is 1170. The number of carboxylic acids is 1. The number of fused-ring (bicyclic) bond motifs is 3. The van der Waals surface area contributed by atoms with Crippen molar-refractivity contribution >= 4 is 18.0 Å². The fourth-order valence-electron chi connectivity index (χ4n) is 6.81. The fraction of sp³-hybridized carbons (Fsp3) is 0.595. The molecule has 2 aromatic rings. The molecule has 4 rings (SSSR count). The molecule has 1 aliphatic carbocycles. The lowest BCUT2D eigenvalue weighted by atomic mass is 9.87. The monoisotopic (exact) mass is 604 g/mol. The van der Waals surface area contributed by atoms with Gasteiger partial charge in [-0.2, -0.15) is 0 Å². The first-order valence-electron chi connectivity index (χ1n) is 17.1. The Labute approximate surface area is 263 Å². The molecule has 0 unspecified atom stereocenters.